The Morgan fingerprint density at radius 2 is 1.68 bits per heavy atom. The first-order valence-corrected chi connectivity index (χ1v) is 8.48. The van der Waals surface area contributed by atoms with Crippen molar-refractivity contribution in [3.8, 4) is 11.5 Å². The van der Waals surface area contributed by atoms with Crippen LogP contribution in [0, 0.1) is 0 Å². The summed E-state index contributed by atoms with van der Waals surface area (Å²) in [6.45, 7) is 0. The second-order valence-electron chi connectivity index (χ2n) is 5.35. The van der Waals surface area contributed by atoms with E-state index in [9.17, 15) is 5.11 Å². The molecule has 0 radical (unpaired) electrons. The Hall–Kier alpha value is -2.79. The summed E-state index contributed by atoms with van der Waals surface area (Å²) in [4.78, 5) is 4.46. The van der Waals surface area contributed by atoms with Gasteiger partial charge in [-0.05, 0) is 70.0 Å². The number of rotatable bonds is 5. The van der Waals surface area contributed by atoms with Gasteiger partial charge in [-0.1, -0.05) is 18.2 Å². The van der Waals surface area contributed by atoms with Gasteiger partial charge in [-0.2, -0.15) is 0 Å². The molecule has 0 spiro atoms. The zero-order valence-corrected chi connectivity index (χ0v) is 15.2. The molecule has 0 amide bonds. The van der Waals surface area contributed by atoms with Crippen molar-refractivity contribution in [3.05, 3.63) is 76.8 Å². The highest BCUT2D eigenvalue weighted by Crippen LogP contribution is 2.34. The number of phenolic OH excluding ortho intramolecular Hbond substituents is 1. The summed E-state index contributed by atoms with van der Waals surface area (Å²) in [5.41, 5.74) is 3.70. The van der Waals surface area contributed by atoms with Gasteiger partial charge in [0.25, 0.3) is 0 Å². The lowest BCUT2D eigenvalue weighted by molar-refractivity contribution is 0.372. The minimum absolute atomic E-state index is 0.0796. The molecule has 2 N–H and O–H groups in total. The van der Waals surface area contributed by atoms with Gasteiger partial charge in [-0.25, -0.2) is 0 Å². The van der Waals surface area contributed by atoms with Crippen LogP contribution in [0.15, 0.2) is 76.2 Å². The van der Waals surface area contributed by atoms with Gasteiger partial charge >= 0.3 is 0 Å². The van der Waals surface area contributed by atoms with Crippen LogP contribution in [0.2, 0.25) is 0 Å². The third kappa shape index (κ3) is 4.39. The molecular formula is C20H17BrN2O2. The van der Waals surface area contributed by atoms with Crippen molar-refractivity contribution in [2.45, 2.75) is 0 Å². The van der Waals surface area contributed by atoms with E-state index in [-0.39, 0.29) is 5.75 Å². The molecular weight excluding hydrogens is 380 g/mol. The smallest absolute Gasteiger partial charge is 0.172 e. The maximum atomic E-state index is 9.84. The fourth-order valence-electron chi connectivity index (χ4n) is 2.29. The number of anilines is 2. The fraction of sp³-hybridized carbons (Fsp3) is 0.0500. The van der Waals surface area contributed by atoms with Gasteiger partial charge in [0.2, 0.25) is 0 Å². The van der Waals surface area contributed by atoms with Crippen LogP contribution in [0.25, 0.3) is 0 Å². The third-order valence-electron chi connectivity index (χ3n) is 3.56. The van der Waals surface area contributed by atoms with E-state index in [1.165, 1.54) is 7.11 Å². The topological polar surface area (TPSA) is 53.8 Å². The summed E-state index contributed by atoms with van der Waals surface area (Å²) < 4.78 is 5.71. The van der Waals surface area contributed by atoms with E-state index in [0.29, 0.717) is 10.2 Å². The van der Waals surface area contributed by atoms with Crippen molar-refractivity contribution < 1.29 is 9.84 Å². The Labute approximate surface area is 154 Å². The minimum atomic E-state index is 0.0796. The van der Waals surface area contributed by atoms with Gasteiger partial charge < -0.3 is 15.2 Å². The maximum Gasteiger partial charge on any atom is 0.172 e. The zero-order chi connectivity index (χ0) is 17.6. The van der Waals surface area contributed by atoms with Crippen LogP contribution in [-0.4, -0.2) is 18.4 Å². The van der Waals surface area contributed by atoms with Crippen molar-refractivity contribution in [1.29, 1.82) is 0 Å². The number of para-hydroxylation sites is 1. The lowest BCUT2D eigenvalue weighted by atomic mass is 10.2. The number of ether oxygens (including phenoxy) is 1. The molecule has 0 aliphatic rings. The Morgan fingerprint density at radius 1 is 1.00 bits per heavy atom. The normalized spacial score (nSPS) is 10.8. The number of aliphatic imine (C=N–C) groups is 1. The van der Waals surface area contributed by atoms with Gasteiger partial charge in [0, 0.05) is 17.6 Å². The summed E-state index contributed by atoms with van der Waals surface area (Å²) in [5, 5.41) is 13.2. The Kier molecular flexibility index (Phi) is 5.36. The minimum Gasteiger partial charge on any atom is -0.503 e. The monoisotopic (exact) mass is 396 g/mol. The standard InChI is InChI=1S/C20H17BrN2O2/c1-25-19-12-14(11-18(21)20(19)24)13-22-15-7-9-17(10-8-15)23-16-5-3-2-4-6-16/h2-13,23-24H,1H3. The highest BCUT2D eigenvalue weighted by atomic mass is 79.9. The second kappa shape index (κ2) is 7.85. The third-order valence-corrected chi connectivity index (χ3v) is 4.17. The molecule has 0 saturated heterocycles. The molecule has 0 aliphatic heterocycles. The van der Waals surface area contributed by atoms with Crippen molar-refractivity contribution >= 4 is 39.2 Å². The van der Waals surface area contributed by atoms with Crippen LogP contribution in [-0.2, 0) is 0 Å². The second-order valence-corrected chi connectivity index (χ2v) is 6.20. The highest BCUT2D eigenvalue weighted by Gasteiger charge is 2.07. The Morgan fingerprint density at radius 3 is 2.36 bits per heavy atom. The molecule has 25 heavy (non-hydrogen) atoms. The van der Waals surface area contributed by atoms with E-state index in [1.807, 2.05) is 54.6 Å². The zero-order valence-electron chi connectivity index (χ0n) is 13.6. The van der Waals surface area contributed by atoms with E-state index in [1.54, 1.807) is 18.3 Å². The summed E-state index contributed by atoms with van der Waals surface area (Å²) >= 11 is 3.31. The van der Waals surface area contributed by atoms with Crippen molar-refractivity contribution in [1.82, 2.24) is 0 Å². The predicted octanol–water partition coefficient (Wildman–Crippen LogP) is 5.66. The quantitative estimate of drug-likeness (QED) is 0.547. The Balaban J connectivity index is 1.73. The molecule has 0 fully saturated rings. The molecule has 0 heterocycles. The first-order chi connectivity index (χ1) is 12.2. The molecule has 0 bridgehead atoms. The molecule has 3 aromatic carbocycles. The van der Waals surface area contributed by atoms with E-state index < -0.39 is 0 Å². The van der Waals surface area contributed by atoms with Gasteiger partial charge in [0.15, 0.2) is 11.5 Å². The van der Waals surface area contributed by atoms with Crippen LogP contribution >= 0.6 is 15.9 Å². The van der Waals surface area contributed by atoms with E-state index >= 15 is 0 Å². The average molecular weight is 397 g/mol. The lowest BCUT2D eigenvalue weighted by Gasteiger charge is -2.07. The van der Waals surface area contributed by atoms with E-state index in [4.69, 9.17) is 4.74 Å². The number of nitrogens with zero attached hydrogens (tertiary/aromatic N) is 1. The molecule has 0 aliphatic carbocycles. The molecule has 0 unspecified atom stereocenters. The SMILES string of the molecule is COc1cc(C=Nc2ccc(Nc3ccccc3)cc2)cc(Br)c1O. The van der Waals surface area contributed by atoms with Crippen molar-refractivity contribution in [2.24, 2.45) is 4.99 Å². The molecule has 5 heteroatoms. The summed E-state index contributed by atoms with van der Waals surface area (Å²) in [5.74, 6) is 0.481. The van der Waals surface area contributed by atoms with Crippen LogP contribution in [0.4, 0.5) is 17.1 Å². The highest BCUT2D eigenvalue weighted by molar-refractivity contribution is 9.10. The van der Waals surface area contributed by atoms with Crippen LogP contribution in [0.3, 0.4) is 0 Å². The van der Waals surface area contributed by atoms with Crippen LogP contribution < -0.4 is 10.1 Å². The number of phenols is 1. The first-order valence-electron chi connectivity index (χ1n) is 7.68. The van der Waals surface area contributed by atoms with Gasteiger partial charge in [-0.15, -0.1) is 0 Å². The Bertz CT molecular complexity index is 878. The van der Waals surface area contributed by atoms with E-state index in [0.717, 1.165) is 22.6 Å². The molecule has 3 aromatic rings. The molecule has 0 aromatic heterocycles. The number of hydrogen-bond donors (Lipinski definition) is 2. The first kappa shape index (κ1) is 17.0. The van der Waals surface area contributed by atoms with Crippen LogP contribution in [0.1, 0.15) is 5.56 Å². The molecule has 4 nitrogen and oxygen atoms in total. The lowest BCUT2D eigenvalue weighted by Crippen LogP contribution is -1.89. The summed E-state index contributed by atoms with van der Waals surface area (Å²) in [6, 6.07) is 21.4. The van der Waals surface area contributed by atoms with Gasteiger partial charge in [0.1, 0.15) is 0 Å². The largest absolute Gasteiger partial charge is 0.503 e. The maximum absolute atomic E-state index is 9.84. The summed E-state index contributed by atoms with van der Waals surface area (Å²) in [6.07, 6.45) is 1.73. The average Bonchev–Trinajstić information content (AvgIpc) is 2.64. The fourth-order valence-corrected chi connectivity index (χ4v) is 2.75. The number of aromatic hydroxyl groups is 1. The number of methoxy groups -OCH3 is 1. The van der Waals surface area contributed by atoms with Crippen LogP contribution in [0.5, 0.6) is 11.5 Å². The van der Waals surface area contributed by atoms with Crippen molar-refractivity contribution in [3.63, 3.8) is 0 Å². The van der Waals surface area contributed by atoms with E-state index in [2.05, 4.69) is 26.2 Å². The molecule has 0 saturated carbocycles. The number of hydrogen-bond acceptors (Lipinski definition) is 4. The number of halogens is 1. The van der Waals surface area contributed by atoms with Gasteiger partial charge in [-0.3, -0.25) is 4.99 Å². The number of benzene rings is 3. The van der Waals surface area contributed by atoms with Gasteiger partial charge in [0.05, 0.1) is 17.3 Å². The molecule has 3 rings (SSSR count). The van der Waals surface area contributed by atoms with Crippen molar-refractivity contribution in [2.75, 3.05) is 12.4 Å². The summed E-state index contributed by atoms with van der Waals surface area (Å²) in [7, 11) is 1.51. The predicted molar refractivity (Wildman–Crippen MR) is 106 cm³/mol. The molecule has 126 valence electrons. The number of nitrogens with one attached hydrogen (secondary N) is 1. The molecule has 0 atom stereocenters.